The molecule has 7 heteroatoms. The Morgan fingerprint density at radius 2 is 2.04 bits per heavy atom. The number of carbonyl (C=O) groups excluding carboxylic acids is 1. The number of nitrogens with zero attached hydrogens (tertiary/aromatic N) is 5. The smallest absolute Gasteiger partial charge is 0.260 e. The molecule has 7 nitrogen and oxygen atoms in total. The highest BCUT2D eigenvalue weighted by Crippen LogP contribution is 2.30. The van der Waals surface area contributed by atoms with E-state index in [0.717, 1.165) is 31.2 Å². The molecule has 0 saturated carbocycles. The van der Waals surface area contributed by atoms with Gasteiger partial charge in [-0.15, -0.1) is 10.2 Å². The van der Waals surface area contributed by atoms with Gasteiger partial charge in [0.25, 0.3) is 5.91 Å². The van der Waals surface area contributed by atoms with E-state index >= 15 is 0 Å². The van der Waals surface area contributed by atoms with Crippen molar-refractivity contribution in [3.8, 4) is 5.75 Å². The molecule has 3 heterocycles. The molecule has 132 valence electrons. The fraction of sp³-hybridized carbons (Fsp3) is 0.500. The lowest BCUT2D eigenvalue weighted by Gasteiger charge is -2.29. The summed E-state index contributed by atoms with van der Waals surface area (Å²) >= 11 is 0. The normalized spacial score (nSPS) is 20.5. The van der Waals surface area contributed by atoms with E-state index in [1.54, 1.807) is 4.90 Å². The Kier molecular flexibility index (Phi) is 4.40. The highest BCUT2D eigenvalue weighted by molar-refractivity contribution is 5.77. The van der Waals surface area contributed by atoms with Crippen LogP contribution in [0.2, 0.25) is 0 Å². The van der Waals surface area contributed by atoms with E-state index in [1.165, 1.54) is 6.42 Å². The summed E-state index contributed by atoms with van der Waals surface area (Å²) in [5.74, 6) is 2.61. The van der Waals surface area contributed by atoms with E-state index in [4.69, 9.17) is 4.74 Å². The number of benzene rings is 1. The summed E-state index contributed by atoms with van der Waals surface area (Å²) in [6.07, 6.45) is 2.33. The average Bonchev–Trinajstić information content (AvgIpc) is 3.25. The van der Waals surface area contributed by atoms with Crippen molar-refractivity contribution in [1.29, 1.82) is 0 Å². The van der Waals surface area contributed by atoms with Gasteiger partial charge in [-0.3, -0.25) is 9.69 Å². The minimum Gasteiger partial charge on any atom is -0.484 e. The zero-order chi connectivity index (χ0) is 17.2. The molecule has 4 rings (SSSR count). The van der Waals surface area contributed by atoms with Crippen molar-refractivity contribution in [1.82, 2.24) is 24.6 Å². The number of likely N-dealkylation sites (tertiary alicyclic amines) is 1. The largest absolute Gasteiger partial charge is 0.484 e. The summed E-state index contributed by atoms with van der Waals surface area (Å²) in [7, 11) is 2.14. The van der Waals surface area contributed by atoms with Crippen LogP contribution < -0.4 is 4.74 Å². The Balaban J connectivity index is 1.39. The first-order valence-corrected chi connectivity index (χ1v) is 8.80. The Morgan fingerprint density at radius 3 is 2.80 bits per heavy atom. The van der Waals surface area contributed by atoms with Gasteiger partial charge >= 0.3 is 0 Å². The second-order valence-electron chi connectivity index (χ2n) is 6.68. The summed E-state index contributed by atoms with van der Waals surface area (Å²) < 4.78 is 7.76. The molecule has 2 aliphatic heterocycles. The van der Waals surface area contributed by atoms with Gasteiger partial charge in [0, 0.05) is 13.1 Å². The van der Waals surface area contributed by atoms with Gasteiger partial charge in [-0.2, -0.15) is 0 Å². The number of aromatic nitrogens is 3. The third-order valence-electron chi connectivity index (χ3n) is 5.06. The van der Waals surface area contributed by atoms with Gasteiger partial charge in [0.2, 0.25) is 0 Å². The lowest BCUT2D eigenvalue weighted by atomic mass is 10.2. The fourth-order valence-electron chi connectivity index (χ4n) is 3.63. The van der Waals surface area contributed by atoms with Crippen molar-refractivity contribution in [2.24, 2.45) is 0 Å². The first kappa shape index (κ1) is 16.1. The molecule has 1 amide bonds. The van der Waals surface area contributed by atoms with Crippen LogP contribution in [-0.4, -0.2) is 57.2 Å². The van der Waals surface area contributed by atoms with E-state index in [-0.39, 0.29) is 12.5 Å². The summed E-state index contributed by atoms with van der Waals surface area (Å²) in [6.45, 7) is 3.08. The van der Waals surface area contributed by atoms with Gasteiger partial charge in [0.15, 0.2) is 18.3 Å². The van der Waals surface area contributed by atoms with Crippen molar-refractivity contribution < 1.29 is 9.53 Å². The molecule has 0 radical (unpaired) electrons. The molecular weight excluding hydrogens is 318 g/mol. The van der Waals surface area contributed by atoms with Gasteiger partial charge in [0.1, 0.15) is 5.75 Å². The molecule has 25 heavy (non-hydrogen) atoms. The van der Waals surface area contributed by atoms with Crippen LogP contribution in [0, 0.1) is 0 Å². The number of rotatable bonds is 4. The second-order valence-corrected chi connectivity index (χ2v) is 6.68. The van der Waals surface area contributed by atoms with E-state index in [2.05, 4.69) is 26.7 Å². The number of para-hydroxylation sites is 1. The van der Waals surface area contributed by atoms with E-state index in [0.29, 0.717) is 24.9 Å². The van der Waals surface area contributed by atoms with Crippen LogP contribution in [0.1, 0.15) is 30.5 Å². The quantitative estimate of drug-likeness (QED) is 0.843. The van der Waals surface area contributed by atoms with Crippen molar-refractivity contribution >= 4 is 5.91 Å². The van der Waals surface area contributed by atoms with E-state index < -0.39 is 0 Å². The molecule has 0 N–H and O–H groups in total. The van der Waals surface area contributed by atoms with Crippen LogP contribution in [0.25, 0.3) is 0 Å². The molecule has 2 aliphatic rings. The predicted molar refractivity (Wildman–Crippen MR) is 92.0 cm³/mol. The molecule has 2 aromatic rings. The van der Waals surface area contributed by atoms with Crippen molar-refractivity contribution in [2.75, 3.05) is 26.7 Å². The molecule has 1 unspecified atom stereocenters. The first-order valence-electron chi connectivity index (χ1n) is 8.80. The Labute approximate surface area is 147 Å². The Bertz CT molecular complexity index is 745. The number of carbonyl (C=O) groups is 1. The molecule has 1 saturated heterocycles. The lowest BCUT2D eigenvalue weighted by molar-refractivity contribution is -0.134. The fourth-order valence-corrected chi connectivity index (χ4v) is 3.63. The average molecular weight is 341 g/mol. The second kappa shape index (κ2) is 6.84. The first-order chi connectivity index (χ1) is 12.2. The zero-order valence-corrected chi connectivity index (χ0v) is 14.5. The van der Waals surface area contributed by atoms with Crippen LogP contribution in [0.15, 0.2) is 30.3 Å². The standard InChI is InChI=1S/C18H23N5O2/c1-21-9-5-8-15(21)18-20-19-16-12-22(10-11-23(16)18)17(24)13-25-14-6-3-2-4-7-14/h2-4,6-7,15H,5,8-13H2,1H3. The van der Waals surface area contributed by atoms with Gasteiger partial charge in [-0.05, 0) is 38.6 Å². The maximum absolute atomic E-state index is 12.4. The number of fused-ring (bicyclic) bond motifs is 1. The number of hydrogen-bond donors (Lipinski definition) is 0. The number of hydrogen-bond acceptors (Lipinski definition) is 5. The Morgan fingerprint density at radius 1 is 1.20 bits per heavy atom. The third kappa shape index (κ3) is 3.24. The van der Waals surface area contributed by atoms with Gasteiger partial charge in [0.05, 0.1) is 12.6 Å². The van der Waals surface area contributed by atoms with Crippen molar-refractivity contribution in [3.63, 3.8) is 0 Å². The van der Waals surface area contributed by atoms with Gasteiger partial charge in [-0.25, -0.2) is 0 Å². The zero-order valence-electron chi connectivity index (χ0n) is 14.5. The summed E-state index contributed by atoms with van der Waals surface area (Å²) in [5, 5.41) is 8.76. The van der Waals surface area contributed by atoms with Crippen LogP contribution in [0.3, 0.4) is 0 Å². The van der Waals surface area contributed by atoms with E-state index in [9.17, 15) is 4.79 Å². The molecule has 1 fully saturated rings. The molecule has 1 aromatic heterocycles. The monoisotopic (exact) mass is 341 g/mol. The van der Waals surface area contributed by atoms with E-state index in [1.807, 2.05) is 30.3 Å². The topological polar surface area (TPSA) is 63.5 Å². The maximum Gasteiger partial charge on any atom is 0.260 e. The molecule has 0 aliphatic carbocycles. The number of amides is 1. The summed E-state index contributed by atoms with van der Waals surface area (Å²) in [5.41, 5.74) is 0. The molecule has 1 atom stereocenters. The minimum atomic E-state index is -0.0161. The van der Waals surface area contributed by atoms with Crippen LogP contribution in [-0.2, 0) is 17.9 Å². The van der Waals surface area contributed by atoms with Crippen molar-refractivity contribution in [2.45, 2.75) is 32.0 Å². The third-order valence-corrected chi connectivity index (χ3v) is 5.06. The van der Waals surface area contributed by atoms with Gasteiger partial charge in [-0.1, -0.05) is 18.2 Å². The molecule has 1 aromatic carbocycles. The summed E-state index contributed by atoms with van der Waals surface area (Å²) in [6, 6.07) is 9.76. The Hall–Kier alpha value is -2.41. The SMILES string of the molecule is CN1CCCC1c1nnc2n1CCN(C(=O)COc1ccccc1)C2. The number of ether oxygens (including phenoxy) is 1. The highest BCUT2D eigenvalue weighted by Gasteiger charge is 2.31. The molecular formula is C18H23N5O2. The van der Waals surface area contributed by atoms with Crippen LogP contribution in [0.4, 0.5) is 0 Å². The molecule has 0 spiro atoms. The lowest BCUT2D eigenvalue weighted by Crippen LogP contribution is -2.41. The van der Waals surface area contributed by atoms with Gasteiger partial charge < -0.3 is 14.2 Å². The van der Waals surface area contributed by atoms with Crippen LogP contribution in [0.5, 0.6) is 5.75 Å². The predicted octanol–water partition coefficient (Wildman–Crippen LogP) is 1.47. The highest BCUT2D eigenvalue weighted by atomic mass is 16.5. The minimum absolute atomic E-state index is 0.0161. The molecule has 0 bridgehead atoms. The van der Waals surface area contributed by atoms with Crippen LogP contribution >= 0.6 is 0 Å². The summed E-state index contributed by atoms with van der Waals surface area (Å²) in [4.78, 5) is 16.6. The van der Waals surface area contributed by atoms with Crippen molar-refractivity contribution in [3.05, 3.63) is 42.0 Å². The maximum atomic E-state index is 12.4.